The van der Waals surface area contributed by atoms with Gasteiger partial charge in [0.1, 0.15) is 0 Å². The average molecular weight is 277 g/mol. The Morgan fingerprint density at radius 3 is 2.50 bits per heavy atom. The summed E-state index contributed by atoms with van der Waals surface area (Å²) in [7, 11) is 0. The molecule has 0 aliphatic carbocycles. The quantitative estimate of drug-likeness (QED) is 0.884. The molecule has 0 radical (unpaired) electrons. The van der Waals surface area contributed by atoms with E-state index in [1.807, 2.05) is 4.90 Å². The largest absolute Gasteiger partial charge is 0.479 e. The number of benzene rings is 1. The maximum Gasteiger partial charge on any atom is 0.336 e. The molecule has 0 bridgehead atoms. The Balaban J connectivity index is 1.93. The fraction of sp³-hybridized carbons (Fsp3) is 0.562. The average Bonchev–Trinajstić information content (AvgIpc) is 2.40. The fourth-order valence-electron chi connectivity index (χ4n) is 2.95. The number of piperidine rings is 1. The van der Waals surface area contributed by atoms with Gasteiger partial charge in [0.15, 0.2) is 5.60 Å². The summed E-state index contributed by atoms with van der Waals surface area (Å²) in [4.78, 5) is 13.0. The number of rotatable bonds is 4. The molecular formula is C16H23NO3. The smallest absolute Gasteiger partial charge is 0.336 e. The number of likely N-dealkylation sites (tertiary alicyclic amines) is 1. The zero-order chi connectivity index (χ0) is 14.8. The van der Waals surface area contributed by atoms with E-state index >= 15 is 0 Å². The van der Waals surface area contributed by atoms with Crippen LogP contribution in [0.1, 0.15) is 36.8 Å². The van der Waals surface area contributed by atoms with E-state index in [1.54, 1.807) is 0 Å². The standard InChI is InChI=1S/C16H23NO3/c1-12-5-3-4-6-14(12)13-7-9-17(10-8-13)11-16(2,20)15(18)19/h3-6,13,20H,7-11H2,1-2H3,(H,18,19). The minimum absolute atomic E-state index is 0.197. The second-order valence-corrected chi connectivity index (χ2v) is 5.99. The molecule has 1 fully saturated rings. The van der Waals surface area contributed by atoms with Gasteiger partial charge in [-0.1, -0.05) is 24.3 Å². The summed E-state index contributed by atoms with van der Waals surface area (Å²) in [5.41, 5.74) is 1.07. The second kappa shape index (κ2) is 5.94. The van der Waals surface area contributed by atoms with Gasteiger partial charge in [-0.25, -0.2) is 4.79 Å². The minimum atomic E-state index is -1.66. The van der Waals surface area contributed by atoms with E-state index in [-0.39, 0.29) is 6.54 Å². The first-order valence-electron chi connectivity index (χ1n) is 7.14. The van der Waals surface area contributed by atoms with Crippen molar-refractivity contribution in [2.24, 2.45) is 0 Å². The Morgan fingerprint density at radius 2 is 1.95 bits per heavy atom. The van der Waals surface area contributed by atoms with Gasteiger partial charge < -0.3 is 10.2 Å². The molecule has 1 aromatic rings. The maximum absolute atomic E-state index is 10.9. The van der Waals surface area contributed by atoms with Gasteiger partial charge in [0.05, 0.1) is 0 Å². The summed E-state index contributed by atoms with van der Waals surface area (Å²) in [5.74, 6) is -0.610. The van der Waals surface area contributed by atoms with Crippen molar-refractivity contribution in [2.45, 2.75) is 38.2 Å². The summed E-state index contributed by atoms with van der Waals surface area (Å²) >= 11 is 0. The van der Waals surface area contributed by atoms with Crippen LogP contribution in [0.5, 0.6) is 0 Å². The summed E-state index contributed by atoms with van der Waals surface area (Å²) in [5, 5.41) is 18.8. The molecule has 1 aliphatic heterocycles. The first-order valence-corrected chi connectivity index (χ1v) is 7.14. The van der Waals surface area contributed by atoms with Gasteiger partial charge >= 0.3 is 5.97 Å². The third-order valence-electron chi connectivity index (χ3n) is 4.21. The highest BCUT2D eigenvalue weighted by atomic mass is 16.4. The van der Waals surface area contributed by atoms with Crippen LogP contribution < -0.4 is 0 Å². The van der Waals surface area contributed by atoms with E-state index in [1.165, 1.54) is 18.1 Å². The predicted octanol–water partition coefficient (Wildman–Crippen LogP) is 2.01. The number of carbonyl (C=O) groups is 1. The maximum atomic E-state index is 10.9. The molecule has 4 heteroatoms. The number of hydrogen-bond acceptors (Lipinski definition) is 3. The van der Waals surface area contributed by atoms with Gasteiger partial charge in [-0.3, -0.25) is 4.90 Å². The molecule has 1 atom stereocenters. The highest BCUT2D eigenvalue weighted by Gasteiger charge is 2.33. The van der Waals surface area contributed by atoms with Crippen LogP contribution in [0.3, 0.4) is 0 Å². The third kappa shape index (κ3) is 3.38. The molecule has 0 saturated carbocycles. The lowest BCUT2D eigenvalue weighted by atomic mass is 9.86. The molecule has 2 rings (SSSR count). The monoisotopic (exact) mass is 277 g/mol. The lowest BCUT2D eigenvalue weighted by Gasteiger charge is -2.35. The Labute approximate surface area is 120 Å². The number of aliphatic hydroxyl groups is 1. The minimum Gasteiger partial charge on any atom is -0.479 e. The zero-order valence-electron chi connectivity index (χ0n) is 12.2. The lowest BCUT2D eigenvalue weighted by Crippen LogP contribution is -2.48. The number of β-amino-alcohol motifs (C(OH)–C–C–N with tert-alkyl or cyclic N) is 1. The van der Waals surface area contributed by atoms with Crippen molar-refractivity contribution in [3.05, 3.63) is 35.4 Å². The van der Waals surface area contributed by atoms with Crippen molar-refractivity contribution in [3.8, 4) is 0 Å². The van der Waals surface area contributed by atoms with E-state index in [0.717, 1.165) is 25.9 Å². The molecular weight excluding hydrogens is 254 g/mol. The molecule has 0 amide bonds. The molecule has 20 heavy (non-hydrogen) atoms. The van der Waals surface area contributed by atoms with Crippen LogP contribution in [-0.2, 0) is 4.79 Å². The van der Waals surface area contributed by atoms with Gasteiger partial charge in [-0.2, -0.15) is 0 Å². The topological polar surface area (TPSA) is 60.8 Å². The third-order valence-corrected chi connectivity index (χ3v) is 4.21. The lowest BCUT2D eigenvalue weighted by molar-refractivity contribution is -0.158. The van der Waals surface area contributed by atoms with Crippen LogP contribution in [-0.4, -0.2) is 46.3 Å². The van der Waals surface area contributed by atoms with E-state index < -0.39 is 11.6 Å². The Kier molecular flexibility index (Phi) is 4.45. The van der Waals surface area contributed by atoms with E-state index in [2.05, 4.69) is 31.2 Å². The normalized spacial score (nSPS) is 20.6. The van der Waals surface area contributed by atoms with Crippen molar-refractivity contribution >= 4 is 5.97 Å². The van der Waals surface area contributed by atoms with Crippen molar-refractivity contribution in [1.29, 1.82) is 0 Å². The summed E-state index contributed by atoms with van der Waals surface area (Å²) in [6.07, 6.45) is 2.03. The van der Waals surface area contributed by atoms with Gasteiger partial charge in [0, 0.05) is 6.54 Å². The van der Waals surface area contributed by atoms with Crippen LogP contribution in [0.2, 0.25) is 0 Å². The second-order valence-electron chi connectivity index (χ2n) is 5.99. The van der Waals surface area contributed by atoms with Crippen LogP contribution >= 0.6 is 0 Å². The first kappa shape index (κ1) is 15.0. The van der Waals surface area contributed by atoms with Crippen molar-refractivity contribution < 1.29 is 15.0 Å². The van der Waals surface area contributed by atoms with Crippen LogP contribution in [0, 0.1) is 6.92 Å². The molecule has 1 saturated heterocycles. The van der Waals surface area contributed by atoms with Crippen molar-refractivity contribution in [1.82, 2.24) is 4.90 Å². The first-order chi connectivity index (χ1) is 9.40. The molecule has 0 spiro atoms. The van der Waals surface area contributed by atoms with Gasteiger partial charge in [0.2, 0.25) is 0 Å². The van der Waals surface area contributed by atoms with Crippen LogP contribution in [0.15, 0.2) is 24.3 Å². The summed E-state index contributed by atoms with van der Waals surface area (Å²) < 4.78 is 0. The highest BCUT2D eigenvalue weighted by Crippen LogP contribution is 2.30. The molecule has 1 aromatic carbocycles. The molecule has 2 N–H and O–H groups in total. The molecule has 1 aliphatic rings. The SMILES string of the molecule is Cc1ccccc1C1CCN(CC(C)(O)C(=O)O)CC1. The predicted molar refractivity (Wildman–Crippen MR) is 77.9 cm³/mol. The zero-order valence-corrected chi connectivity index (χ0v) is 12.2. The number of carboxylic acids is 1. The van der Waals surface area contributed by atoms with Crippen LogP contribution in [0.4, 0.5) is 0 Å². The van der Waals surface area contributed by atoms with Gasteiger partial charge in [0.25, 0.3) is 0 Å². The molecule has 110 valence electrons. The number of nitrogens with zero attached hydrogens (tertiary/aromatic N) is 1. The highest BCUT2D eigenvalue weighted by molar-refractivity contribution is 5.76. The van der Waals surface area contributed by atoms with E-state index in [0.29, 0.717) is 5.92 Å². The molecule has 0 aromatic heterocycles. The number of aryl methyl sites for hydroxylation is 1. The Hall–Kier alpha value is -1.39. The van der Waals surface area contributed by atoms with Gasteiger partial charge in [-0.05, 0) is 56.8 Å². The molecule has 1 unspecified atom stereocenters. The van der Waals surface area contributed by atoms with Crippen LogP contribution in [0.25, 0.3) is 0 Å². The number of hydrogen-bond donors (Lipinski definition) is 2. The molecule has 1 heterocycles. The summed E-state index contributed by atoms with van der Waals surface area (Å²) in [6, 6.07) is 8.45. The van der Waals surface area contributed by atoms with Crippen molar-refractivity contribution in [2.75, 3.05) is 19.6 Å². The van der Waals surface area contributed by atoms with Crippen molar-refractivity contribution in [3.63, 3.8) is 0 Å². The Bertz CT molecular complexity index is 476. The fourth-order valence-corrected chi connectivity index (χ4v) is 2.95. The Morgan fingerprint density at radius 1 is 1.35 bits per heavy atom. The number of carboxylic acid groups (broad SMARTS) is 1. The molecule has 4 nitrogen and oxygen atoms in total. The van der Waals surface area contributed by atoms with Gasteiger partial charge in [-0.15, -0.1) is 0 Å². The van der Waals surface area contributed by atoms with E-state index in [4.69, 9.17) is 5.11 Å². The summed E-state index contributed by atoms with van der Waals surface area (Å²) in [6.45, 7) is 5.37. The number of aliphatic carboxylic acids is 1. The van der Waals surface area contributed by atoms with E-state index in [9.17, 15) is 9.90 Å².